The molecule has 0 radical (unpaired) electrons. The molecule has 0 aliphatic carbocycles. The lowest BCUT2D eigenvalue weighted by Gasteiger charge is -2.20. The van der Waals surface area contributed by atoms with Crippen LogP contribution in [0.4, 0.5) is 4.39 Å². The molecule has 0 unspecified atom stereocenters. The maximum atomic E-state index is 12.9. The molecule has 19 heavy (non-hydrogen) atoms. The van der Waals surface area contributed by atoms with Crippen molar-refractivity contribution >= 4 is 0 Å². The highest BCUT2D eigenvalue weighted by atomic mass is 19.1. The summed E-state index contributed by atoms with van der Waals surface area (Å²) in [6.45, 7) is 0.642. The zero-order chi connectivity index (χ0) is 13.4. The molecule has 0 saturated carbocycles. The second-order valence-corrected chi connectivity index (χ2v) is 4.30. The minimum absolute atomic E-state index is 0.187. The Morgan fingerprint density at radius 3 is 2.68 bits per heavy atom. The molecule has 6 heteroatoms. The summed E-state index contributed by atoms with van der Waals surface area (Å²) in [6, 6.07) is 5.56. The van der Waals surface area contributed by atoms with E-state index in [0.717, 1.165) is 0 Å². The number of H-pyrrole nitrogens is 1. The molecule has 1 aliphatic heterocycles. The lowest BCUT2D eigenvalue weighted by molar-refractivity contribution is 0.107. The van der Waals surface area contributed by atoms with Gasteiger partial charge >= 0.3 is 5.69 Å². The molecule has 0 atom stereocenters. The third-order valence-corrected chi connectivity index (χ3v) is 3.13. The number of ether oxygens (including phenoxy) is 1. The van der Waals surface area contributed by atoms with Gasteiger partial charge in [-0.1, -0.05) is 0 Å². The summed E-state index contributed by atoms with van der Waals surface area (Å²) in [5.41, 5.74) is 0.679. The number of hydrogen-bond acceptors (Lipinski definition) is 3. The van der Waals surface area contributed by atoms with E-state index in [4.69, 9.17) is 4.74 Å². The normalized spacial score (nSPS) is 14.2. The topological polar surface area (TPSA) is 64.1 Å². The van der Waals surface area contributed by atoms with Crippen molar-refractivity contribution in [1.29, 1.82) is 0 Å². The van der Waals surface area contributed by atoms with Gasteiger partial charge in [-0.15, -0.1) is 0 Å². The zero-order valence-corrected chi connectivity index (χ0v) is 9.98. The minimum atomic E-state index is -0.516. The lowest BCUT2D eigenvalue weighted by atomic mass is 10.1. The molecule has 0 bridgehead atoms. The van der Waals surface area contributed by atoms with Crippen LogP contribution < -0.4 is 11.2 Å². The van der Waals surface area contributed by atoms with E-state index < -0.39 is 11.2 Å². The van der Waals surface area contributed by atoms with Crippen LogP contribution in [0.5, 0.6) is 0 Å². The first kappa shape index (κ1) is 11.9. The van der Waals surface area contributed by atoms with Gasteiger partial charge in [0.1, 0.15) is 5.82 Å². The number of aromatic nitrogens is 2. The SMILES string of the molecule is O=c1[nH]c(=O)n(-c2ccc(F)cc2)c2c1COCC2. The number of rotatable bonds is 1. The molecule has 2 aromatic rings. The third-order valence-electron chi connectivity index (χ3n) is 3.13. The van der Waals surface area contributed by atoms with Crippen molar-refractivity contribution in [2.75, 3.05) is 6.61 Å². The van der Waals surface area contributed by atoms with Crippen molar-refractivity contribution in [2.24, 2.45) is 0 Å². The summed E-state index contributed by atoms with van der Waals surface area (Å²) in [5, 5.41) is 0. The van der Waals surface area contributed by atoms with Gasteiger partial charge < -0.3 is 4.74 Å². The summed E-state index contributed by atoms with van der Waals surface area (Å²) < 4.78 is 19.6. The maximum Gasteiger partial charge on any atom is 0.333 e. The van der Waals surface area contributed by atoms with Gasteiger partial charge in [0, 0.05) is 12.1 Å². The van der Waals surface area contributed by atoms with Crippen LogP contribution in [0.15, 0.2) is 33.9 Å². The highest BCUT2D eigenvalue weighted by Gasteiger charge is 2.19. The number of halogens is 1. The molecule has 1 aromatic heterocycles. The van der Waals surface area contributed by atoms with E-state index >= 15 is 0 Å². The number of hydrogen-bond donors (Lipinski definition) is 1. The fraction of sp³-hybridized carbons (Fsp3) is 0.231. The van der Waals surface area contributed by atoms with Gasteiger partial charge in [0.15, 0.2) is 0 Å². The second-order valence-electron chi connectivity index (χ2n) is 4.30. The van der Waals surface area contributed by atoms with E-state index in [2.05, 4.69) is 4.98 Å². The average molecular weight is 262 g/mol. The van der Waals surface area contributed by atoms with Crippen LogP contribution in [0.2, 0.25) is 0 Å². The number of nitrogens with one attached hydrogen (secondary N) is 1. The molecule has 0 spiro atoms. The Bertz CT molecular complexity index is 731. The van der Waals surface area contributed by atoms with Gasteiger partial charge in [0.2, 0.25) is 0 Å². The van der Waals surface area contributed by atoms with Gasteiger partial charge in [0.05, 0.1) is 24.5 Å². The van der Waals surface area contributed by atoms with Crippen LogP contribution in [0.1, 0.15) is 11.3 Å². The van der Waals surface area contributed by atoms with Crippen molar-refractivity contribution in [3.63, 3.8) is 0 Å². The quantitative estimate of drug-likeness (QED) is 0.824. The first-order valence-electron chi connectivity index (χ1n) is 5.87. The molecule has 1 N–H and O–H groups in total. The molecular formula is C13H11FN2O3. The molecule has 2 heterocycles. The van der Waals surface area contributed by atoms with Crippen molar-refractivity contribution in [2.45, 2.75) is 13.0 Å². The molecule has 3 rings (SSSR count). The van der Waals surface area contributed by atoms with Crippen LogP contribution in [-0.2, 0) is 17.8 Å². The average Bonchev–Trinajstić information content (AvgIpc) is 2.41. The molecular weight excluding hydrogens is 251 g/mol. The summed E-state index contributed by atoms with van der Waals surface area (Å²) in [7, 11) is 0. The van der Waals surface area contributed by atoms with Crippen LogP contribution in [-0.4, -0.2) is 16.2 Å². The van der Waals surface area contributed by atoms with Crippen molar-refractivity contribution in [1.82, 2.24) is 9.55 Å². The highest BCUT2D eigenvalue weighted by molar-refractivity contribution is 5.36. The molecule has 1 aromatic carbocycles. The van der Waals surface area contributed by atoms with E-state index in [1.807, 2.05) is 0 Å². The molecule has 0 fully saturated rings. The van der Waals surface area contributed by atoms with Gasteiger partial charge in [-0.2, -0.15) is 0 Å². The Kier molecular flexibility index (Phi) is 2.79. The smallest absolute Gasteiger partial charge is 0.333 e. The highest BCUT2D eigenvalue weighted by Crippen LogP contribution is 2.15. The summed E-state index contributed by atoms with van der Waals surface area (Å²) >= 11 is 0. The second kappa shape index (κ2) is 4.47. The summed E-state index contributed by atoms with van der Waals surface area (Å²) in [5.74, 6) is -0.376. The van der Waals surface area contributed by atoms with Gasteiger partial charge in [-0.05, 0) is 24.3 Å². The summed E-state index contributed by atoms with van der Waals surface area (Å²) in [6.07, 6.45) is 0.478. The van der Waals surface area contributed by atoms with Gasteiger partial charge in [-0.25, -0.2) is 9.18 Å². The van der Waals surface area contributed by atoms with Crippen molar-refractivity contribution < 1.29 is 9.13 Å². The van der Waals surface area contributed by atoms with Crippen LogP contribution in [0, 0.1) is 5.82 Å². The largest absolute Gasteiger partial charge is 0.376 e. The van der Waals surface area contributed by atoms with Crippen LogP contribution >= 0.6 is 0 Å². The Labute approximate surface area is 107 Å². The first-order chi connectivity index (χ1) is 9.16. The lowest BCUT2D eigenvalue weighted by Crippen LogP contribution is -2.37. The Balaban J connectivity index is 2.29. The molecule has 98 valence electrons. The number of nitrogens with zero attached hydrogens (tertiary/aromatic N) is 1. The molecule has 0 amide bonds. The number of fused-ring (bicyclic) bond motifs is 1. The molecule has 1 aliphatic rings. The number of aromatic amines is 1. The van der Waals surface area contributed by atoms with E-state index in [0.29, 0.717) is 30.0 Å². The first-order valence-corrected chi connectivity index (χ1v) is 5.87. The fourth-order valence-corrected chi connectivity index (χ4v) is 2.23. The van der Waals surface area contributed by atoms with E-state index in [1.54, 1.807) is 0 Å². The van der Waals surface area contributed by atoms with Crippen LogP contribution in [0.25, 0.3) is 5.69 Å². The molecule has 0 saturated heterocycles. The predicted molar refractivity (Wildman–Crippen MR) is 66.0 cm³/mol. The monoisotopic (exact) mass is 262 g/mol. The minimum Gasteiger partial charge on any atom is -0.376 e. The standard InChI is InChI=1S/C13H11FN2O3/c14-8-1-3-9(4-2-8)16-11-5-6-19-7-10(11)12(17)15-13(16)18/h1-4H,5-7H2,(H,15,17,18). The number of benzene rings is 1. The van der Waals surface area contributed by atoms with Gasteiger partial charge in [-0.3, -0.25) is 14.3 Å². The third kappa shape index (κ3) is 2.00. The van der Waals surface area contributed by atoms with Crippen LogP contribution in [0.3, 0.4) is 0 Å². The van der Waals surface area contributed by atoms with Crippen molar-refractivity contribution in [3.05, 3.63) is 62.2 Å². The zero-order valence-electron chi connectivity index (χ0n) is 9.98. The van der Waals surface area contributed by atoms with Gasteiger partial charge in [0.25, 0.3) is 5.56 Å². The molecule has 5 nitrogen and oxygen atoms in total. The Hall–Kier alpha value is -2.21. The van der Waals surface area contributed by atoms with Crippen molar-refractivity contribution in [3.8, 4) is 5.69 Å². The summed E-state index contributed by atoms with van der Waals surface area (Å²) in [4.78, 5) is 25.9. The van der Waals surface area contributed by atoms with E-state index in [9.17, 15) is 14.0 Å². The predicted octanol–water partition coefficient (Wildman–Crippen LogP) is 0.738. The van der Waals surface area contributed by atoms with E-state index in [-0.39, 0.29) is 12.4 Å². The maximum absolute atomic E-state index is 12.9. The Morgan fingerprint density at radius 2 is 1.95 bits per heavy atom. The Morgan fingerprint density at radius 1 is 1.21 bits per heavy atom. The fourth-order valence-electron chi connectivity index (χ4n) is 2.23. The van der Waals surface area contributed by atoms with E-state index in [1.165, 1.54) is 28.8 Å².